The van der Waals surface area contributed by atoms with Gasteiger partial charge in [0.2, 0.25) is 17.7 Å². The number of carbonyl (C=O) groups is 2. The number of fused-ring (bicyclic) bond motifs is 1. The normalized spacial score (nSPS) is 18.8. The molecule has 5 rings (SSSR count). The van der Waals surface area contributed by atoms with Gasteiger partial charge in [-0.2, -0.15) is 18.3 Å². The number of aromatic nitrogens is 3. The summed E-state index contributed by atoms with van der Waals surface area (Å²) in [7, 11) is 1.66. The Hall–Kier alpha value is -4.23. The summed E-state index contributed by atoms with van der Waals surface area (Å²) in [4.78, 5) is 31.8. The van der Waals surface area contributed by atoms with Crippen molar-refractivity contribution in [3.63, 3.8) is 0 Å². The zero-order valence-corrected chi connectivity index (χ0v) is 21.9. The number of hydrogen-bond acceptors (Lipinski definition) is 6. The number of amides is 2. The van der Waals surface area contributed by atoms with Crippen molar-refractivity contribution in [2.45, 2.75) is 43.8 Å². The first-order chi connectivity index (χ1) is 19.4. The highest BCUT2D eigenvalue weighted by atomic mass is 19.4. The Morgan fingerprint density at radius 1 is 1.22 bits per heavy atom. The minimum absolute atomic E-state index is 0.00977. The smallest absolute Gasteiger partial charge is 0.417 e. The van der Waals surface area contributed by atoms with Gasteiger partial charge in [-0.25, -0.2) is 13.8 Å². The highest BCUT2D eigenvalue weighted by molar-refractivity contribution is 6.01. The van der Waals surface area contributed by atoms with Gasteiger partial charge in [0.15, 0.2) is 0 Å². The number of aryl methyl sites for hydroxylation is 1. The van der Waals surface area contributed by atoms with Crippen molar-refractivity contribution < 1.29 is 36.3 Å². The summed E-state index contributed by atoms with van der Waals surface area (Å²) < 4.78 is 74.6. The highest BCUT2D eigenvalue weighted by Crippen LogP contribution is 2.41. The molecule has 14 heteroatoms. The van der Waals surface area contributed by atoms with E-state index in [-0.39, 0.29) is 56.0 Å². The number of halogens is 5. The summed E-state index contributed by atoms with van der Waals surface area (Å²) >= 11 is 0. The van der Waals surface area contributed by atoms with Crippen molar-refractivity contribution >= 4 is 28.9 Å². The Kier molecular flexibility index (Phi) is 7.58. The molecule has 2 atom stereocenters. The quantitative estimate of drug-likeness (QED) is 0.386. The number of hydrogen-bond donors (Lipinski definition) is 2. The van der Waals surface area contributed by atoms with Crippen LogP contribution in [0.2, 0.25) is 0 Å². The van der Waals surface area contributed by atoms with Crippen LogP contribution >= 0.6 is 0 Å². The van der Waals surface area contributed by atoms with E-state index in [0.717, 1.165) is 6.07 Å². The Morgan fingerprint density at radius 2 is 2.02 bits per heavy atom. The molecule has 0 bridgehead atoms. The van der Waals surface area contributed by atoms with Gasteiger partial charge in [-0.05, 0) is 43.0 Å². The lowest BCUT2D eigenvalue weighted by Crippen LogP contribution is -2.45. The van der Waals surface area contributed by atoms with Crippen LogP contribution in [0.3, 0.4) is 0 Å². The molecule has 1 fully saturated rings. The van der Waals surface area contributed by atoms with Gasteiger partial charge in [0.1, 0.15) is 18.3 Å². The number of nitrogens with one attached hydrogen (secondary N) is 2. The number of rotatable bonds is 7. The Balaban J connectivity index is 1.37. The fourth-order valence-electron chi connectivity index (χ4n) is 5.10. The van der Waals surface area contributed by atoms with Crippen molar-refractivity contribution in [1.82, 2.24) is 20.1 Å². The van der Waals surface area contributed by atoms with Gasteiger partial charge < -0.3 is 20.3 Å². The molecule has 1 saturated carbocycles. The standard InChI is InChI=1S/C27H27F5N6O3/c1-37-15-19(14-34-37)35-24(40)21(9-16-5-6-26(28,29)12-16)36-23(39)17-3-2-4-20(10-17)38-7-8-41-25-22(38)11-18(13-33-25)27(30,31)32/h2-4,10-11,13-16,21H,5-9,12H2,1H3,(H,35,40)(H,36,39)/t16-,21-/m0/s1. The van der Waals surface area contributed by atoms with E-state index in [2.05, 4.69) is 20.7 Å². The van der Waals surface area contributed by atoms with Crippen LogP contribution in [-0.4, -0.2) is 51.7 Å². The van der Waals surface area contributed by atoms with Crippen LogP contribution < -0.4 is 20.3 Å². The molecule has 1 aliphatic carbocycles. The minimum Gasteiger partial charge on any atom is -0.474 e. The topological polar surface area (TPSA) is 101 Å². The zero-order chi connectivity index (χ0) is 29.4. The molecule has 2 aliphatic rings. The van der Waals surface area contributed by atoms with Gasteiger partial charge in [-0.15, -0.1) is 0 Å². The van der Waals surface area contributed by atoms with Crippen LogP contribution in [0.25, 0.3) is 0 Å². The first-order valence-corrected chi connectivity index (χ1v) is 12.9. The summed E-state index contributed by atoms with van der Waals surface area (Å²) in [6.45, 7) is 0.359. The average Bonchev–Trinajstić information content (AvgIpc) is 3.50. The molecule has 2 N–H and O–H groups in total. The van der Waals surface area contributed by atoms with Gasteiger partial charge in [-0.1, -0.05) is 6.07 Å². The summed E-state index contributed by atoms with van der Waals surface area (Å²) in [5, 5.41) is 9.31. The number of ether oxygens (including phenoxy) is 1. The number of nitrogens with zero attached hydrogens (tertiary/aromatic N) is 4. The number of benzene rings is 1. The average molecular weight is 579 g/mol. The van der Waals surface area contributed by atoms with Crippen LogP contribution in [0.15, 0.2) is 48.9 Å². The molecule has 218 valence electrons. The first kappa shape index (κ1) is 28.3. The molecule has 0 radical (unpaired) electrons. The van der Waals surface area contributed by atoms with Crippen LogP contribution in [0.5, 0.6) is 5.88 Å². The number of carbonyl (C=O) groups excluding carboxylic acids is 2. The van der Waals surface area contributed by atoms with E-state index in [0.29, 0.717) is 17.6 Å². The second-order valence-corrected chi connectivity index (χ2v) is 10.2. The summed E-state index contributed by atoms with van der Waals surface area (Å²) in [5.41, 5.74) is 0.0787. The van der Waals surface area contributed by atoms with Crippen LogP contribution in [-0.2, 0) is 18.0 Å². The summed E-state index contributed by atoms with van der Waals surface area (Å²) in [6, 6.07) is 5.97. The Bertz CT molecular complexity index is 1440. The lowest BCUT2D eigenvalue weighted by molar-refractivity contribution is -0.137. The van der Waals surface area contributed by atoms with E-state index in [1.807, 2.05) is 0 Å². The lowest BCUT2D eigenvalue weighted by atomic mass is 9.97. The molecule has 3 heterocycles. The third-order valence-electron chi connectivity index (χ3n) is 7.09. The zero-order valence-electron chi connectivity index (χ0n) is 21.9. The molecule has 1 aromatic carbocycles. The molecule has 2 amide bonds. The second-order valence-electron chi connectivity index (χ2n) is 10.2. The molecule has 0 unspecified atom stereocenters. The van der Waals surface area contributed by atoms with Gasteiger partial charge in [-0.3, -0.25) is 14.3 Å². The molecule has 0 saturated heterocycles. The maximum atomic E-state index is 13.9. The van der Waals surface area contributed by atoms with Crippen LogP contribution in [0, 0.1) is 5.92 Å². The highest BCUT2D eigenvalue weighted by Gasteiger charge is 2.41. The van der Waals surface area contributed by atoms with E-state index >= 15 is 0 Å². The van der Waals surface area contributed by atoms with Gasteiger partial charge in [0, 0.05) is 43.5 Å². The van der Waals surface area contributed by atoms with E-state index in [1.54, 1.807) is 30.3 Å². The van der Waals surface area contributed by atoms with E-state index in [4.69, 9.17) is 4.74 Å². The molecule has 41 heavy (non-hydrogen) atoms. The summed E-state index contributed by atoms with van der Waals surface area (Å²) in [6.07, 6.45) is -1.36. The summed E-state index contributed by atoms with van der Waals surface area (Å²) in [5.74, 6) is -4.48. The van der Waals surface area contributed by atoms with Crippen LogP contribution in [0.1, 0.15) is 41.6 Å². The number of pyridine rings is 1. The first-order valence-electron chi connectivity index (χ1n) is 12.9. The molecule has 0 spiro atoms. The van der Waals surface area contributed by atoms with Crippen molar-refractivity contribution in [3.8, 4) is 5.88 Å². The minimum atomic E-state index is -4.61. The Morgan fingerprint density at radius 3 is 2.71 bits per heavy atom. The predicted molar refractivity (Wildman–Crippen MR) is 138 cm³/mol. The van der Waals surface area contributed by atoms with Gasteiger partial charge >= 0.3 is 6.18 Å². The molecule has 2 aromatic heterocycles. The predicted octanol–water partition coefficient (Wildman–Crippen LogP) is 4.93. The largest absolute Gasteiger partial charge is 0.474 e. The third-order valence-corrected chi connectivity index (χ3v) is 7.09. The number of alkyl halides is 5. The van der Waals surface area contributed by atoms with Gasteiger partial charge in [0.25, 0.3) is 5.91 Å². The van der Waals surface area contributed by atoms with Crippen molar-refractivity contribution in [2.75, 3.05) is 23.4 Å². The van der Waals surface area contributed by atoms with E-state index < -0.39 is 41.4 Å². The van der Waals surface area contributed by atoms with Gasteiger partial charge in [0.05, 0.1) is 24.0 Å². The third kappa shape index (κ3) is 6.57. The molecule has 9 nitrogen and oxygen atoms in total. The van der Waals surface area contributed by atoms with E-state index in [1.165, 1.54) is 23.0 Å². The fourth-order valence-corrected chi connectivity index (χ4v) is 5.10. The van der Waals surface area contributed by atoms with Crippen molar-refractivity contribution in [1.29, 1.82) is 0 Å². The fraction of sp³-hybridized carbons (Fsp3) is 0.407. The molecule has 3 aromatic rings. The van der Waals surface area contributed by atoms with Crippen LogP contribution in [0.4, 0.5) is 39.0 Å². The van der Waals surface area contributed by atoms with Crippen molar-refractivity contribution in [2.24, 2.45) is 13.0 Å². The monoisotopic (exact) mass is 578 g/mol. The second kappa shape index (κ2) is 11.0. The molecular formula is C27H27F5N6O3. The van der Waals surface area contributed by atoms with Crippen molar-refractivity contribution in [3.05, 3.63) is 60.0 Å². The van der Waals surface area contributed by atoms with E-state index in [9.17, 15) is 31.5 Å². The number of anilines is 3. The maximum Gasteiger partial charge on any atom is 0.417 e. The maximum absolute atomic E-state index is 13.9. The molecule has 1 aliphatic heterocycles. The Labute approximate surface area is 231 Å². The lowest BCUT2D eigenvalue weighted by Gasteiger charge is -2.31. The molecular weight excluding hydrogens is 551 g/mol. The SMILES string of the molecule is Cn1cc(NC(=O)[C@H](C[C@@H]2CCC(F)(F)C2)NC(=O)c2cccc(N3CCOc4ncc(C(F)(F)F)cc43)c2)cn1.